The molecule has 29 heavy (non-hydrogen) atoms. The maximum atomic E-state index is 12.5. The second-order valence-electron chi connectivity index (χ2n) is 6.62. The lowest BCUT2D eigenvalue weighted by atomic mass is 10.1. The highest BCUT2D eigenvalue weighted by atomic mass is 127. The highest BCUT2D eigenvalue weighted by Crippen LogP contribution is 2.29. The summed E-state index contributed by atoms with van der Waals surface area (Å²) in [6.07, 6.45) is 1.49. The number of alkyl halides is 2. The van der Waals surface area contributed by atoms with Crippen LogP contribution in [0.25, 0.3) is 0 Å². The summed E-state index contributed by atoms with van der Waals surface area (Å²) in [5.41, 5.74) is 0.863. The predicted molar refractivity (Wildman–Crippen MR) is 123 cm³/mol. The number of benzene rings is 1. The molecule has 0 saturated heterocycles. The SMILES string of the molecule is CCNC(=NCCCOCC(C)C)NCCc1ccc(OC)c(OC(F)F)c1.I. The maximum absolute atomic E-state index is 12.5. The number of nitrogens with one attached hydrogen (secondary N) is 2. The summed E-state index contributed by atoms with van der Waals surface area (Å²) < 4.78 is 40.2. The zero-order valence-electron chi connectivity index (χ0n) is 17.7. The summed E-state index contributed by atoms with van der Waals surface area (Å²) in [5, 5.41) is 6.43. The van der Waals surface area contributed by atoms with Gasteiger partial charge < -0.3 is 24.8 Å². The van der Waals surface area contributed by atoms with E-state index in [2.05, 4.69) is 34.2 Å². The molecule has 0 saturated carbocycles. The lowest BCUT2D eigenvalue weighted by Crippen LogP contribution is -2.38. The first-order chi connectivity index (χ1) is 13.5. The molecule has 0 unspecified atom stereocenters. The van der Waals surface area contributed by atoms with Crippen molar-refractivity contribution < 1.29 is 23.0 Å². The Morgan fingerprint density at radius 2 is 1.93 bits per heavy atom. The molecule has 0 heterocycles. The average Bonchev–Trinajstić information content (AvgIpc) is 2.64. The fourth-order valence-corrected chi connectivity index (χ4v) is 2.41. The van der Waals surface area contributed by atoms with Gasteiger partial charge in [-0.25, -0.2) is 0 Å². The van der Waals surface area contributed by atoms with E-state index >= 15 is 0 Å². The van der Waals surface area contributed by atoms with Gasteiger partial charge in [0.15, 0.2) is 17.5 Å². The number of nitrogens with zero attached hydrogens (tertiary/aromatic N) is 1. The molecule has 0 atom stereocenters. The molecule has 0 fully saturated rings. The van der Waals surface area contributed by atoms with Gasteiger partial charge in [0.1, 0.15) is 0 Å². The van der Waals surface area contributed by atoms with Crippen LogP contribution in [-0.2, 0) is 11.2 Å². The Bertz CT molecular complexity index is 590. The Kier molecular flexibility index (Phi) is 15.7. The van der Waals surface area contributed by atoms with Crippen molar-refractivity contribution >= 4 is 29.9 Å². The van der Waals surface area contributed by atoms with Crippen LogP contribution < -0.4 is 20.1 Å². The minimum atomic E-state index is -2.89. The first kappa shape index (κ1) is 27.6. The minimum absolute atomic E-state index is 0. The Hall–Kier alpha value is -1.36. The van der Waals surface area contributed by atoms with Crippen molar-refractivity contribution in [1.82, 2.24) is 10.6 Å². The van der Waals surface area contributed by atoms with Crippen LogP contribution in [0, 0.1) is 5.92 Å². The summed E-state index contributed by atoms with van der Waals surface area (Å²) in [6.45, 7) is 6.84. The molecule has 6 nitrogen and oxygen atoms in total. The second kappa shape index (κ2) is 16.4. The molecule has 168 valence electrons. The molecule has 0 aliphatic heterocycles. The predicted octanol–water partition coefficient (Wildman–Crippen LogP) is 4.07. The number of halogens is 3. The molecule has 0 bridgehead atoms. The largest absolute Gasteiger partial charge is 0.493 e. The van der Waals surface area contributed by atoms with Crippen molar-refractivity contribution in [1.29, 1.82) is 0 Å². The van der Waals surface area contributed by atoms with Crippen LogP contribution in [0.5, 0.6) is 11.5 Å². The molecule has 9 heteroatoms. The average molecular weight is 529 g/mol. The number of rotatable bonds is 13. The third-order valence-electron chi connectivity index (χ3n) is 3.66. The Balaban J connectivity index is 0.00000784. The van der Waals surface area contributed by atoms with Crippen LogP contribution >= 0.6 is 24.0 Å². The number of methoxy groups -OCH3 is 1. The van der Waals surface area contributed by atoms with Crippen LogP contribution in [0.15, 0.2) is 23.2 Å². The normalized spacial score (nSPS) is 11.4. The van der Waals surface area contributed by atoms with E-state index in [-0.39, 0.29) is 35.5 Å². The monoisotopic (exact) mass is 529 g/mol. The van der Waals surface area contributed by atoms with Crippen molar-refractivity contribution in [3.05, 3.63) is 23.8 Å². The van der Waals surface area contributed by atoms with Gasteiger partial charge in [-0.3, -0.25) is 4.99 Å². The molecule has 0 aromatic heterocycles. The van der Waals surface area contributed by atoms with Crippen LogP contribution in [0.1, 0.15) is 32.8 Å². The maximum Gasteiger partial charge on any atom is 0.387 e. The van der Waals surface area contributed by atoms with E-state index in [9.17, 15) is 8.78 Å². The van der Waals surface area contributed by atoms with Crippen molar-refractivity contribution in [3.8, 4) is 11.5 Å². The van der Waals surface area contributed by atoms with E-state index < -0.39 is 6.61 Å². The zero-order chi connectivity index (χ0) is 20.8. The van der Waals surface area contributed by atoms with Gasteiger partial charge in [-0.05, 0) is 43.4 Å². The Morgan fingerprint density at radius 1 is 1.17 bits per heavy atom. The van der Waals surface area contributed by atoms with E-state index in [4.69, 9.17) is 9.47 Å². The van der Waals surface area contributed by atoms with Gasteiger partial charge in [0.25, 0.3) is 0 Å². The van der Waals surface area contributed by atoms with E-state index in [0.29, 0.717) is 32.0 Å². The van der Waals surface area contributed by atoms with Crippen molar-refractivity contribution in [2.75, 3.05) is 40.0 Å². The lowest BCUT2D eigenvalue weighted by molar-refractivity contribution is -0.0512. The third-order valence-corrected chi connectivity index (χ3v) is 3.66. The molecular formula is C20H34F2IN3O3. The van der Waals surface area contributed by atoms with Crippen molar-refractivity contribution in [3.63, 3.8) is 0 Å². The highest BCUT2D eigenvalue weighted by molar-refractivity contribution is 14.0. The highest BCUT2D eigenvalue weighted by Gasteiger charge is 2.11. The molecule has 2 N–H and O–H groups in total. The Morgan fingerprint density at radius 3 is 2.55 bits per heavy atom. The van der Waals surface area contributed by atoms with Crippen molar-refractivity contribution in [2.45, 2.75) is 40.2 Å². The molecule has 0 radical (unpaired) electrons. The zero-order valence-corrected chi connectivity index (χ0v) is 20.0. The van der Waals surface area contributed by atoms with E-state index in [0.717, 1.165) is 31.1 Å². The summed E-state index contributed by atoms with van der Waals surface area (Å²) in [7, 11) is 1.42. The Labute approximate surface area is 189 Å². The molecule has 0 aliphatic rings. The molecule has 0 spiro atoms. The van der Waals surface area contributed by atoms with E-state index in [1.165, 1.54) is 7.11 Å². The summed E-state index contributed by atoms with van der Waals surface area (Å²) in [4.78, 5) is 4.52. The number of guanidine groups is 1. The smallest absolute Gasteiger partial charge is 0.387 e. The van der Waals surface area contributed by atoms with Crippen LogP contribution in [0.4, 0.5) is 8.78 Å². The lowest BCUT2D eigenvalue weighted by Gasteiger charge is -2.13. The summed E-state index contributed by atoms with van der Waals surface area (Å²) in [6, 6.07) is 5.03. The standard InChI is InChI=1S/C20H33F2N3O3.HI/c1-5-23-20(24-10-6-12-27-14-15(2)3)25-11-9-16-7-8-17(26-4)18(13-16)28-19(21)22;/h7-8,13,15,19H,5-6,9-12,14H2,1-4H3,(H2,23,24,25);1H. The van der Waals surface area contributed by atoms with Gasteiger partial charge in [-0.2, -0.15) is 8.78 Å². The van der Waals surface area contributed by atoms with Crippen LogP contribution in [-0.4, -0.2) is 52.5 Å². The quantitative estimate of drug-likeness (QED) is 0.175. The van der Waals surface area contributed by atoms with Gasteiger partial charge in [0.2, 0.25) is 0 Å². The molecular weight excluding hydrogens is 495 g/mol. The summed E-state index contributed by atoms with van der Waals surface area (Å²) >= 11 is 0. The minimum Gasteiger partial charge on any atom is -0.493 e. The van der Waals surface area contributed by atoms with Crippen molar-refractivity contribution in [2.24, 2.45) is 10.9 Å². The first-order valence-corrected chi connectivity index (χ1v) is 9.67. The molecule has 1 aromatic rings. The molecule has 1 rings (SSSR count). The van der Waals surface area contributed by atoms with E-state index in [1.807, 2.05) is 13.0 Å². The number of ether oxygens (including phenoxy) is 3. The van der Waals surface area contributed by atoms with E-state index in [1.54, 1.807) is 12.1 Å². The van der Waals surface area contributed by atoms with Gasteiger partial charge >= 0.3 is 6.61 Å². The molecule has 1 aromatic carbocycles. The fourth-order valence-electron chi connectivity index (χ4n) is 2.41. The topological polar surface area (TPSA) is 64.1 Å². The van der Waals surface area contributed by atoms with Gasteiger partial charge in [0.05, 0.1) is 7.11 Å². The third kappa shape index (κ3) is 12.7. The van der Waals surface area contributed by atoms with Crippen LogP contribution in [0.3, 0.4) is 0 Å². The summed E-state index contributed by atoms with van der Waals surface area (Å²) in [5.74, 6) is 1.58. The molecule has 0 aliphatic carbocycles. The van der Waals surface area contributed by atoms with Crippen LogP contribution in [0.2, 0.25) is 0 Å². The van der Waals surface area contributed by atoms with Gasteiger partial charge in [0, 0.05) is 32.8 Å². The molecule has 0 amide bonds. The fraction of sp³-hybridized carbons (Fsp3) is 0.650. The number of aliphatic imine (C=N–C) groups is 1. The number of hydrogen-bond acceptors (Lipinski definition) is 4. The van der Waals surface area contributed by atoms with Gasteiger partial charge in [-0.1, -0.05) is 19.9 Å². The number of hydrogen-bond donors (Lipinski definition) is 2. The van der Waals surface area contributed by atoms with Gasteiger partial charge in [-0.15, -0.1) is 24.0 Å². The first-order valence-electron chi connectivity index (χ1n) is 9.67. The second-order valence-corrected chi connectivity index (χ2v) is 6.62.